The van der Waals surface area contributed by atoms with Gasteiger partial charge in [-0.2, -0.15) is 5.26 Å². The highest BCUT2D eigenvalue weighted by atomic mass is 32.2. The molecule has 2 aromatic carbocycles. The normalized spacial score (nSPS) is 26.3. The third kappa shape index (κ3) is 2.27. The number of benzene rings is 2. The molecule has 3 rings (SSSR count). The molecule has 23 heavy (non-hydrogen) atoms. The van der Waals surface area contributed by atoms with Crippen molar-refractivity contribution in [1.82, 2.24) is 0 Å². The molecule has 1 aliphatic carbocycles. The van der Waals surface area contributed by atoms with Crippen LogP contribution >= 0.6 is 0 Å². The van der Waals surface area contributed by atoms with E-state index in [0.717, 1.165) is 5.56 Å². The lowest BCUT2D eigenvalue weighted by Crippen LogP contribution is -2.16. The zero-order valence-corrected chi connectivity index (χ0v) is 13.3. The number of carbonyl (C=O) groups excluding carboxylic acids is 1. The predicted molar refractivity (Wildman–Crippen MR) is 85.4 cm³/mol. The summed E-state index contributed by atoms with van der Waals surface area (Å²) < 4.78 is 25.8. The Morgan fingerprint density at radius 2 is 1.70 bits per heavy atom. The molecule has 0 saturated heterocycles. The average Bonchev–Trinajstić information content (AvgIpc) is 3.27. The number of hydrogen-bond acceptors (Lipinski definition) is 4. The van der Waals surface area contributed by atoms with Crippen molar-refractivity contribution < 1.29 is 13.2 Å². The van der Waals surface area contributed by atoms with E-state index < -0.39 is 26.4 Å². The van der Waals surface area contributed by atoms with Gasteiger partial charge in [0.15, 0.2) is 9.84 Å². The summed E-state index contributed by atoms with van der Waals surface area (Å²) in [4.78, 5) is 11.7. The van der Waals surface area contributed by atoms with Crippen LogP contribution in [0.4, 0.5) is 0 Å². The molecule has 1 saturated carbocycles. The molecule has 0 bridgehead atoms. The summed E-state index contributed by atoms with van der Waals surface area (Å²) in [6, 6.07) is 17.3. The van der Waals surface area contributed by atoms with Crippen molar-refractivity contribution in [1.29, 1.82) is 5.26 Å². The van der Waals surface area contributed by atoms with Gasteiger partial charge < -0.3 is 4.79 Å². The summed E-state index contributed by atoms with van der Waals surface area (Å²) in [5.74, 6) is -0.627. The van der Waals surface area contributed by atoms with Gasteiger partial charge in [-0.05, 0) is 24.6 Å². The quantitative estimate of drug-likeness (QED) is 0.810. The first-order chi connectivity index (χ1) is 11.0. The second-order valence-corrected chi connectivity index (χ2v) is 7.90. The zero-order chi connectivity index (χ0) is 16.7. The molecule has 4 nitrogen and oxygen atoms in total. The van der Waals surface area contributed by atoms with Crippen LogP contribution in [0.15, 0.2) is 59.5 Å². The van der Waals surface area contributed by atoms with Gasteiger partial charge in [-0.15, -0.1) is 0 Å². The van der Waals surface area contributed by atoms with E-state index >= 15 is 0 Å². The van der Waals surface area contributed by atoms with Crippen LogP contribution in [0, 0.1) is 23.7 Å². The van der Waals surface area contributed by atoms with Crippen LogP contribution in [0.25, 0.3) is 0 Å². The Balaban J connectivity index is 2.09. The SMILES string of the molecule is Cc1ccc(S(=O)(=O)[C@H]2[C@@H](c3ccccc3)[C@@]2(C#N)C=O)cc1. The molecule has 5 heteroatoms. The summed E-state index contributed by atoms with van der Waals surface area (Å²) in [7, 11) is -3.77. The number of carbonyl (C=O) groups is 1. The van der Waals surface area contributed by atoms with Crippen molar-refractivity contribution in [3.05, 3.63) is 65.7 Å². The fraction of sp³-hybridized carbons (Fsp3) is 0.222. The molecule has 3 atom stereocenters. The molecule has 2 aromatic rings. The van der Waals surface area contributed by atoms with Crippen molar-refractivity contribution in [3.63, 3.8) is 0 Å². The van der Waals surface area contributed by atoms with Gasteiger partial charge in [0.2, 0.25) is 0 Å². The fourth-order valence-electron chi connectivity index (χ4n) is 3.10. The Labute approximate surface area is 135 Å². The minimum Gasteiger partial charge on any atom is -0.302 e. The molecule has 0 spiro atoms. The van der Waals surface area contributed by atoms with E-state index in [2.05, 4.69) is 0 Å². The van der Waals surface area contributed by atoms with Crippen LogP contribution < -0.4 is 0 Å². The van der Waals surface area contributed by atoms with Crippen LogP contribution in [0.2, 0.25) is 0 Å². The van der Waals surface area contributed by atoms with Gasteiger partial charge in [0.05, 0.1) is 11.0 Å². The molecule has 0 heterocycles. The number of nitriles is 1. The largest absolute Gasteiger partial charge is 0.302 e. The Bertz CT molecular complexity index is 882. The Kier molecular flexibility index (Phi) is 3.57. The summed E-state index contributed by atoms with van der Waals surface area (Å²) in [6.45, 7) is 1.87. The molecule has 0 unspecified atom stereocenters. The van der Waals surface area contributed by atoms with Crippen LogP contribution in [-0.2, 0) is 14.6 Å². The average molecular weight is 325 g/mol. The molecule has 116 valence electrons. The maximum absolute atomic E-state index is 12.9. The summed E-state index contributed by atoms with van der Waals surface area (Å²) in [6.07, 6.45) is 0.487. The lowest BCUT2D eigenvalue weighted by molar-refractivity contribution is -0.110. The van der Waals surface area contributed by atoms with E-state index in [0.29, 0.717) is 11.8 Å². The first kappa shape index (κ1) is 15.4. The first-order valence-corrected chi connectivity index (χ1v) is 8.75. The number of sulfone groups is 1. The Morgan fingerprint density at radius 3 is 2.22 bits per heavy atom. The third-order valence-corrected chi connectivity index (χ3v) is 6.67. The Hall–Kier alpha value is -2.45. The molecule has 1 fully saturated rings. The second-order valence-electron chi connectivity index (χ2n) is 5.83. The van der Waals surface area contributed by atoms with E-state index in [1.165, 1.54) is 12.1 Å². The van der Waals surface area contributed by atoms with Crippen molar-refractivity contribution in [2.24, 2.45) is 5.41 Å². The lowest BCUT2D eigenvalue weighted by atomic mass is 10.0. The van der Waals surface area contributed by atoms with E-state index in [4.69, 9.17) is 0 Å². The highest BCUT2D eigenvalue weighted by molar-refractivity contribution is 7.92. The van der Waals surface area contributed by atoms with E-state index in [-0.39, 0.29) is 4.90 Å². The fourth-order valence-corrected chi connectivity index (χ4v) is 5.33. The van der Waals surface area contributed by atoms with Gasteiger partial charge in [-0.1, -0.05) is 48.0 Å². The minimum atomic E-state index is -3.77. The van der Waals surface area contributed by atoms with E-state index in [1.54, 1.807) is 36.4 Å². The lowest BCUT2D eigenvalue weighted by Gasteiger charge is -2.05. The Morgan fingerprint density at radius 1 is 1.09 bits per heavy atom. The smallest absolute Gasteiger partial charge is 0.183 e. The number of aldehydes is 1. The summed E-state index contributed by atoms with van der Waals surface area (Å²) in [5.41, 5.74) is 0.133. The van der Waals surface area contributed by atoms with Gasteiger partial charge in [0.1, 0.15) is 17.0 Å². The van der Waals surface area contributed by atoms with E-state index in [1.807, 2.05) is 19.1 Å². The highest BCUT2D eigenvalue weighted by Crippen LogP contribution is 2.62. The van der Waals surface area contributed by atoms with Gasteiger partial charge in [0.25, 0.3) is 0 Å². The number of hydrogen-bond donors (Lipinski definition) is 0. The topological polar surface area (TPSA) is 75.0 Å². The van der Waals surface area contributed by atoms with Crippen molar-refractivity contribution in [2.75, 3.05) is 0 Å². The molecular formula is C18H15NO3S. The standard InChI is InChI=1S/C18H15NO3S/c1-13-7-9-15(10-8-13)23(21,22)17-16(18(17,11-19)12-20)14-5-3-2-4-6-14/h2-10,12,16-17H,1H3/t16-,17+,18-/m1/s1. The molecule has 0 aromatic heterocycles. The number of aryl methyl sites for hydroxylation is 1. The number of nitrogens with zero attached hydrogens (tertiary/aromatic N) is 1. The summed E-state index contributed by atoms with van der Waals surface area (Å²) in [5, 5.41) is 8.43. The first-order valence-electron chi connectivity index (χ1n) is 7.20. The van der Waals surface area contributed by atoms with Crippen LogP contribution in [0.3, 0.4) is 0 Å². The highest BCUT2D eigenvalue weighted by Gasteiger charge is 2.72. The molecule has 1 aliphatic rings. The predicted octanol–water partition coefficient (Wildman–Crippen LogP) is 2.64. The van der Waals surface area contributed by atoms with Gasteiger partial charge in [-0.25, -0.2) is 8.42 Å². The van der Waals surface area contributed by atoms with Gasteiger partial charge in [0, 0.05) is 5.92 Å². The summed E-state index contributed by atoms with van der Waals surface area (Å²) >= 11 is 0. The van der Waals surface area contributed by atoms with Crippen molar-refractivity contribution in [2.45, 2.75) is 23.0 Å². The monoisotopic (exact) mass is 325 g/mol. The minimum absolute atomic E-state index is 0.146. The maximum atomic E-state index is 12.9. The number of rotatable bonds is 4. The van der Waals surface area contributed by atoms with Crippen molar-refractivity contribution >= 4 is 16.1 Å². The molecule has 0 aliphatic heterocycles. The van der Waals surface area contributed by atoms with Crippen LogP contribution in [-0.4, -0.2) is 20.0 Å². The van der Waals surface area contributed by atoms with Crippen LogP contribution in [0.5, 0.6) is 0 Å². The molecule has 0 N–H and O–H groups in total. The molecule has 0 amide bonds. The van der Waals surface area contributed by atoms with Crippen molar-refractivity contribution in [3.8, 4) is 6.07 Å². The second kappa shape index (κ2) is 5.32. The van der Waals surface area contributed by atoms with E-state index in [9.17, 15) is 18.5 Å². The zero-order valence-electron chi connectivity index (χ0n) is 12.5. The van der Waals surface area contributed by atoms with Gasteiger partial charge in [-0.3, -0.25) is 0 Å². The van der Waals surface area contributed by atoms with Gasteiger partial charge >= 0.3 is 0 Å². The molecule has 0 radical (unpaired) electrons. The van der Waals surface area contributed by atoms with Crippen LogP contribution in [0.1, 0.15) is 17.0 Å². The third-order valence-electron chi connectivity index (χ3n) is 4.41. The molecular weight excluding hydrogens is 310 g/mol. The maximum Gasteiger partial charge on any atom is 0.183 e.